The molecule has 0 radical (unpaired) electrons. The van der Waals surface area contributed by atoms with Crippen LogP contribution < -0.4 is 4.74 Å². The van der Waals surface area contributed by atoms with E-state index in [-0.39, 0.29) is 13.2 Å². The third-order valence-electron chi connectivity index (χ3n) is 1.91. The van der Waals surface area contributed by atoms with Crippen LogP contribution in [-0.4, -0.2) is 36.3 Å². The van der Waals surface area contributed by atoms with Crippen LogP contribution in [0.1, 0.15) is 0 Å². The molecule has 0 heterocycles. The number of rotatable bonds is 4. The summed E-state index contributed by atoms with van der Waals surface area (Å²) in [6.45, 7) is 0.414. The summed E-state index contributed by atoms with van der Waals surface area (Å²) in [5.41, 5.74) is 0. The van der Waals surface area contributed by atoms with Crippen molar-refractivity contribution in [2.45, 2.75) is 0 Å². The van der Waals surface area contributed by atoms with E-state index in [2.05, 4.69) is 15.9 Å². The molecule has 88 valence electrons. The number of hydrogen-bond donors (Lipinski definition) is 1. The van der Waals surface area contributed by atoms with Crippen LogP contribution in [0.15, 0.2) is 22.7 Å². The van der Waals surface area contributed by atoms with E-state index in [0.29, 0.717) is 10.2 Å². The van der Waals surface area contributed by atoms with Gasteiger partial charge in [-0.1, -0.05) is 0 Å². The molecule has 16 heavy (non-hydrogen) atoms. The predicted octanol–water partition coefficient (Wildman–Crippen LogP) is 2.58. The summed E-state index contributed by atoms with van der Waals surface area (Å²) in [6, 6.07) is 4.38. The molecular weight excluding hydrogens is 281 g/mol. The van der Waals surface area contributed by atoms with Gasteiger partial charge in [0.1, 0.15) is 18.2 Å². The minimum absolute atomic E-state index is 0.184. The van der Waals surface area contributed by atoms with Gasteiger partial charge >= 0.3 is 6.09 Å². The summed E-state index contributed by atoms with van der Waals surface area (Å²) < 4.78 is 18.6. The maximum Gasteiger partial charge on any atom is 0.407 e. The lowest BCUT2D eigenvalue weighted by molar-refractivity contribution is 0.147. The van der Waals surface area contributed by atoms with Gasteiger partial charge < -0.3 is 14.7 Å². The summed E-state index contributed by atoms with van der Waals surface area (Å²) in [4.78, 5) is 11.5. The third kappa shape index (κ3) is 3.69. The van der Waals surface area contributed by atoms with E-state index in [1.807, 2.05) is 0 Å². The van der Waals surface area contributed by atoms with Crippen LogP contribution in [-0.2, 0) is 0 Å². The molecule has 0 saturated carbocycles. The molecule has 0 aromatic heterocycles. The second-order valence-corrected chi connectivity index (χ2v) is 3.98. The van der Waals surface area contributed by atoms with Crippen molar-refractivity contribution in [3.05, 3.63) is 28.5 Å². The van der Waals surface area contributed by atoms with E-state index < -0.39 is 11.9 Å². The van der Waals surface area contributed by atoms with Crippen LogP contribution in [0, 0.1) is 5.82 Å². The molecular formula is C10H11BrFNO3. The lowest BCUT2D eigenvalue weighted by Gasteiger charge is -2.13. The van der Waals surface area contributed by atoms with Gasteiger partial charge in [-0.3, -0.25) is 0 Å². The molecule has 1 aromatic carbocycles. The average Bonchev–Trinajstić information content (AvgIpc) is 2.23. The van der Waals surface area contributed by atoms with Crippen molar-refractivity contribution in [1.29, 1.82) is 0 Å². The van der Waals surface area contributed by atoms with Crippen LogP contribution >= 0.6 is 15.9 Å². The van der Waals surface area contributed by atoms with Crippen LogP contribution in [0.2, 0.25) is 0 Å². The second kappa shape index (κ2) is 5.69. The first-order chi connectivity index (χ1) is 7.50. The second-order valence-electron chi connectivity index (χ2n) is 3.13. The number of carbonyl (C=O) groups is 1. The molecule has 0 atom stereocenters. The Balaban J connectivity index is 2.43. The van der Waals surface area contributed by atoms with E-state index in [4.69, 9.17) is 9.84 Å². The molecule has 1 rings (SSSR count). The molecule has 0 bridgehead atoms. The first-order valence-corrected chi connectivity index (χ1v) is 5.32. The summed E-state index contributed by atoms with van der Waals surface area (Å²) >= 11 is 3.02. The Morgan fingerprint density at radius 1 is 1.62 bits per heavy atom. The van der Waals surface area contributed by atoms with E-state index in [1.165, 1.54) is 19.2 Å². The minimum Gasteiger partial charge on any atom is -0.492 e. The predicted molar refractivity (Wildman–Crippen MR) is 60.2 cm³/mol. The third-order valence-corrected chi connectivity index (χ3v) is 2.56. The Morgan fingerprint density at radius 2 is 2.31 bits per heavy atom. The lowest BCUT2D eigenvalue weighted by Crippen LogP contribution is -2.29. The Morgan fingerprint density at radius 3 is 2.88 bits per heavy atom. The molecule has 0 unspecified atom stereocenters. The van der Waals surface area contributed by atoms with Gasteiger partial charge in [-0.2, -0.15) is 0 Å². The number of amides is 1. The summed E-state index contributed by atoms with van der Waals surface area (Å²) in [5, 5.41) is 8.56. The zero-order valence-corrected chi connectivity index (χ0v) is 10.2. The van der Waals surface area contributed by atoms with Crippen LogP contribution in [0.5, 0.6) is 5.75 Å². The molecule has 0 fully saturated rings. The van der Waals surface area contributed by atoms with Crippen molar-refractivity contribution in [3.63, 3.8) is 0 Å². The van der Waals surface area contributed by atoms with E-state index in [1.54, 1.807) is 6.07 Å². The Labute approximate surface area is 101 Å². The minimum atomic E-state index is -1.02. The number of hydrogen-bond acceptors (Lipinski definition) is 2. The zero-order valence-electron chi connectivity index (χ0n) is 8.61. The normalized spacial score (nSPS) is 9.94. The number of benzene rings is 1. The topological polar surface area (TPSA) is 49.8 Å². The molecule has 1 amide bonds. The van der Waals surface area contributed by atoms with Crippen molar-refractivity contribution in [2.75, 3.05) is 20.2 Å². The van der Waals surface area contributed by atoms with Crippen molar-refractivity contribution in [3.8, 4) is 5.75 Å². The maximum absolute atomic E-state index is 13.1. The average molecular weight is 292 g/mol. The Bertz CT molecular complexity index is 386. The molecule has 4 nitrogen and oxygen atoms in total. The molecule has 1 aromatic rings. The molecule has 0 spiro atoms. The largest absolute Gasteiger partial charge is 0.492 e. The number of carboxylic acid groups (broad SMARTS) is 1. The van der Waals surface area contributed by atoms with Gasteiger partial charge in [0.15, 0.2) is 0 Å². The highest BCUT2D eigenvalue weighted by molar-refractivity contribution is 9.10. The maximum atomic E-state index is 13.1. The molecule has 6 heteroatoms. The fraction of sp³-hybridized carbons (Fsp3) is 0.300. The van der Waals surface area contributed by atoms with Crippen molar-refractivity contribution >= 4 is 22.0 Å². The number of nitrogens with zero attached hydrogens (tertiary/aromatic N) is 1. The van der Waals surface area contributed by atoms with E-state index in [0.717, 1.165) is 4.90 Å². The first-order valence-electron chi connectivity index (χ1n) is 4.52. The SMILES string of the molecule is CN(CCOc1ccc(Br)c(F)c1)C(=O)O. The van der Waals surface area contributed by atoms with Crippen LogP contribution in [0.4, 0.5) is 9.18 Å². The fourth-order valence-electron chi connectivity index (χ4n) is 0.963. The number of halogens is 2. The fourth-order valence-corrected chi connectivity index (χ4v) is 1.21. The standard InChI is InChI=1S/C10H11BrFNO3/c1-13(10(14)15)4-5-16-7-2-3-8(11)9(12)6-7/h2-3,6H,4-5H2,1H3,(H,14,15). The van der Waals surface area contributed by atoms with Gasteiger partial charge in [0, 0.05) is 13.1 Å². The molecule has 0 saturated heterocycles. The van der Waals surface area contributed by atoms with E-state index in [9.17, 15) is 9.18 Å². The van der Waals surface area contributed by atoms with Crippen LogP contribution in [0.3, 0.4) is 0 Å². The smallest absolute Gasteiger partial charge is 0.407 e. The summed E-state index contributed by atoms with van der Waals surface area (Å²) in [5.74, 6) is -0.0384. The highest BCUT2D eigenvalue weighted by Gasteiger charge is 2.05. The van der Waals surface area contributed by atoms with Crippen LogP contribution in [0.25, 0.3) is 0 Å². The zero-order chi connectivity index (χ0) is 12.1. The highest BCUT2D eigenvalue weighted by Crippen LogP contribution is 2.20. The Kier molecular flexibility index (Phi) is 4.54. The van der Waals surface area contributed by atoms with Crippen molar-refractivity contribution < 1.29 is 19.0 Å². The molecule has 0 aliphatic heterocycles. The summed E-state index contributed by atoms with van der Waals surface area (Å²) in [7, 11) is 1.44. The molecule has 1 N–H and O–H groups in total. The first kappa shape index (κ1) is 12.8. The molecule has 0 aliphatic carbocycles. The number of likely N-dealkylation sites (N-methyl/N-ethyl adjacent to an activating group) is 1. The van der Waals surface area contributed by atoms with Gasteiger partial charge in [0.25, 0.3) is 0 Å². The van der Waals surface area contributed by atoms with Gasteiger partial charge in [-0.15, -0.1) is 0 Å². The summed E-state index contributed by atoms with van der Waals surface area (Å²) in [6.07, 6.45) is -1.02. The van der Waals surface area contributed by atoms with Gasteiger partial charge in [0.2, 0.25) is 0 Å². The van der Waals surface area contributed by atoms with E-state index >= 15 is 0 Å². The Hall–Kier alpha value is -1.30. The molecule has 0 aliphatic rings. The van der Waals surface area contributed by atoms with Gasteiger partial charge in [0.05, 0.1) is 11.0 Å². The highest BCUT2D eigenvalue weighted by atomic mass is 79.9. The van der Waals surface area contributed by atoms with Gasteiger partial charge in [-0.25, -0.2) is 9.18 Å². The quantitative estimate of drug-likeness (QED) is 0.928. The van der Waals surface area contributed by atoms with Crippen molar-refractivity contribution in [1.82, 2.24) is 4.90 Å². The lowest BCUT2D eigenvalue weighted by atomic mass is 10.3. The monoisotopic (exact) mass is 291 g/mol. The van der Waals surface area contributed by atoms with Gasteiger partial charge in [-0.05, 0) is 28.1 Å². The van der Waals surface area contributed by atoms with Crippen molar-refractivity contribution in [2.24, 2.45) is 0 Å². The number of ether oxygens (including phenoxy) is 1.